The molecule has 0 fully saturated rings. The van der Waals surface area contributed by atoms with Gasteiger partial charge >= 0.3 is 12.0 Å². The van der Waals surface area contributed by atoms with Gasteiger partial charge < -0.3 is 20.6 Å². The molecule has 1 aromatic heterocycles. The Kier molecular flexibility index (Phi) is 11.0. The molecule has 3 N–H and O–H groups in total. The van der Waals surface area contributed by atoms with Crippen LogP contribution in [0, 0.1) is 18.8 Å². The number of benzene rings is 2. The van der Waals surface area contributed by atoms with Crippen LogP contribution in [0.4, 0.5) is 21.9 Å². The number of carbonyl (C=O) groups is 2. The molecule has 194 valence electrons. The first kappa shape index (κ1) is 28.9. The molecule has 0 saturated heterocycles. The summed E-state index contributed by atoms with van der Waals surface area (Å²) in [5.41, 5.74) is 5.03. The van der Waals surface area contributed by atoms with Gasteiger partial charge in [-0.25, -0.2) is 9.59 Å². The Balaban J connectivity index is 0.00000222. The second kappa shape index (κ2) is 13.7. The van der Waals surface area contributed by atoms with E-state index in [4.69, 9.17) is 0 Å². The molecule has 7 heteroatoms. The summed E-state index contributed by atoms with van der Waals surface area (Å²) in [6.07, 6.45) is 0. The van der Waals surface area contributed by atoms with Gasteiger partial charge in [-0.3, -0.25) is 0 Å². The lowest BCUT2D eigenvalue weighted by atomic mass is 10.0. The van der Waals surface area contributed by atoms with Crippen molar-refractivity contribution in [3.63, 3.8) is 0 Å². The summed E-state index contributed by atoms with van der Waals surface area (Å²) in [7, 11) is 0. The minimum absolute atomic E-state index is 0.258. The number of aryl methyl sites for hydroxylation is 1. The van der Waals surface area contributed by atoms with Gasteiger partial charge in [0.05, 0.1) is 16.9 Å². The number of nitrogens with zero attached hydrogens (tertiary/aromatic N) is 1. The second-order valence-electron chi connectivity index (χ2n) is 9.37. The van der Waals surface area contributed by atoms with Gasteiger partial charge in [0.25, 0.3) is 0 Å². The second-order valence-corrected chi connectivity index (χ2v) is 10.1. The summed E-state index contributed by atoms with van der Waals surface area (Å²) in [5.74, 6) is -0.0977. The molecule has 0 unspecified atom stereocenters. The van der Waals surface area contributed by atoms with Crippen molar-refractivity contribution >= 4 is 40.4 Å². The third-order valence-electron chi connectivity index (χ3n) is 5.27. The van der Waals surface area contributed by atoms with Crippen LogP contribution in [-0.2, 0) is 0 Å². The van der Waals surface area contributed by atoms with E-state index in [0.717, 1.165) is 29.9 Å². The lowest BCUT2D eigenvalue weighted by Gasteiger charge is -2.30. The lowest BCUT2D eigenvalue weighted by molar-refractivity contribution is 0.0698. The molecule has 36 heavy (non-hydrogen) atoms. The van der Waals surface area contributed by atoms with Crippen LogP contribution < -0.4 is 15.5 Å². The highest BCUT2D eigenvalue weighted by Gasteiger charge is 2.19. The fraction of sp³-hybridized carbons (Fsp3) is 0.379. The van der Waals surface area contributed by atoms with E-state index in [0.29, 0.717) is 28.8 Å². The summed E-state index contributed by atoms with van der Waals surface area (Å²) >= 11 is 1.35. The number of hydrogen-bond donors (Lipinski definition) is 3. The maximum atomic E-state index is 12.9. The topological polar surface area (TPSA) is 81.7 Å². The fourth-order valence-electron chi connectivity index (χ4n) is 3.84. The van der Waals surface area contributed by atoms with Crippen molar-refractivity contribution in [1.29, 1.82) is 0 Å². The first-order valence-electron chi connectivity index (χ1n) is 12.5. The number of carboxylic acids is 1. The number of urea groups is 1. The molecule has 0 aliphatic heterocycles. The van der Waals surface area contributed by atoms with Gasteiger partial charge in [-0.15, -0.1) is 0 Å². The van der Waals surface area contributed by atoms with Gasteiger partial charge in [-0.2, -0.15) is 11.3 Å². The molecule has 0 aliphatic rings. The average molecular weight is 510 g/mol. The Hall–Kier alpha value is -3.32. The lowest BCUT2D eigenvalue weighted by Crippen LogP contribution is -2.32. The molecule has 1 heterocycles. The Morgan fingerprint density at radius 2 is 1.53 bits per heavy atom. The molecule has 3 rings (SSSR count). The van der Waals surface area contributed by atoms with E-state index in [1.54, 1.807) is 5.38 Å². The van der Waals surface area contributed by atoms with Crippen molar-refractivity contribution < 1.29 is 14.7 Å². The molecule has 2 aromatic carbocycles. The normalized spacial score (nSPS) is 10.6. The quantitative estimate of drug-likeness (QED) is 0.271. The number of nitrogens with one attached hydrogen (secondary N) is 2. The highest BCUT2D eigenvalue weighted by molar-refractivity contribution is 7.08. The van der Waals surface area contributed by atoms with E-state index in [2.05, 4.69) is 43.2 Å². The van der Waals surface area contributed by atoms with E-state index in [9.17, 15) is 14.7 Å². The summed E-state index contributed by atoms with van der Waals surface area (Å²) < 4.78 is 0. The summed E-state index contributed by atoms with van der Waals surface area (Å²) in [6, 6.07) is 13.0. The standard InChI is InChI=1S/C27H33N3O3S.C2H6/c1-17(2)13-30(14-18(3)4)25-11-8-20(22-15-34-16-23(22)26(31)32)12-24(25)29-27(33)28-21-9-6-19(5)7-10-21;1-2/h6-12,15-18H,13-14H2,1-5H3,(H,31,32)(H2,28,29,33);1-2H3. The van der Waals surface area contributed by atoms with E-state index >= 15 is 0 Å². The molecule has 0 saturated carbocycles. The first-order chi connectivity index (χ1) is 17.1. The minimum atomic E-state index is -0.965. The van der Waals surface area contributed by atoms with Crippen LogP contribution >= 0.6 is 11.3 Å². The molecule has 6 nitrogen and oxygen atoms in total. The Bertz CT molecular complexity index is 1130. The van der Waals surface area contributed by atoms with Crippen molar-refractivity contribution in [3.8, 4) is 11.1 Å². The van der Waals surface area contributed by atoms with Crippen LogP contribution in [0.15, 0.2) is 53.2 Å². The number of rotatable bonds is 9. The van der Waals surface area contributed by atoms with E-state index < -0.39 is 5.97 Å². The van der Waals surface area contributed by atoms with Crippen LogP contribution in [0.2, 0.25) is 0 Å². The summed E-state index contributed by atoms with van der Waals surface area (Å²) in [5, 5.41) is 18.9. The predicted octanol–water partition coefficient (Wildman–Crippen LogP) is 8.21. The molecule has 2 amide bonds. The molecule has 0 bridgehead atoms. The Labute approximate surface area is 219 Å². The highest BCUT2D eigenvalue weighted by Crippen LogP contribution is 2.35. The molecular weight excluding hydrogens is 470 g/mol. The zero-order chi connectivity index (χ0) is 26.8. The van der Waals surface area contributed by atoms with Gasteiger partial charge in [0.1, 0.15) is 0 Å². The van der Waals surface area contributed by atoms with E-state index in [1.165, 1.54) is 11.3 Å². The summed E-state index contributed by atoms with van der Waals surface area (Å²) in [6.45, 7) is 16.4. The van der Waals surface area contributed by atoms with E-state index in [1.807, 2.05) is 68.6 Å². The monoisotopic (exact) mass is 509 g/mol. The molecule has 0 aliphatic carbocycles. The fourth-order valence-corrected chi connectivity index (χ4v) is 4.67. The SMILES string of the molecule is CC.Cc1ccc(NC(=O)Nc2cc(-c3cscc3C(=O)O)ccc2N(CC(C)C)CC(C)C)cc1. The number of carbonyl (C=O) groups excluding carboxylic acids is 1. The number of thiophene rings is 1. The number of aromatic carboxylic acids is 1. The molecular formula is C29H39N3O3S. The highest BCUT2D eigenvalue weighted by atomic mass is 32.1. The van der Waals surface area contributed by atoms with Gasteiger partial charge in [-0.1, -0.05) is 65.3 Å². The third-order valence-corrected chi connectivity index (χ3v) is 6.01. The van der Waals surface area contributed by atoms with Crippen LogP contribution in [0.25, 0.3) is 11.1 Å². The number of hydrogen-bond acceptors (Lipinski definition) is 4. The number of carboxylic acid groups (broad SMARTS) is 1. The van der Waals surface area contributed by atoms with Crippen molar-refractivity contribution in [2.75, 3.05) is 28.6 Å². The van der Waals surface area contributed by atoms with Crippen LogP contribution in [0.5, 0.6) is 0 Å². The average Bonchev–Trinajstić information content (AvgIpc) is 3.31. The van der Waals surface area contributed by atoms with Crippen molar-refractivity contribution in [2.45, 2.75) is 48.5 Å². The largest absolute Gasteiger partial charge is 0.478 e. The predicted molar refractivity (Wildman–Crippen MR) is 154 cm³/mol. The molecule has 0 atom stereocenters. The maximum Gasteiger partial charge on any atom is 0.337 e. The number of anilines is 3. The number of amides is 2. The van der Waals surface area contributed by atoms with Crippen LogP contribution in [0.3, 0.4) is 0 Å². The van der Waals surface area contributed by atoms with Gasteiger partial charge in [0, 0.05) is 29.7 Å². The summed E-state index contributed by atoms with van der Waals surface area (Å²) in [4.78, 5) is 26.9. The Morgan fingerprint density at radius 1 is 0.917 bits per heavy atom. The van der Waals surface area contributed by atoms with Crippen LogP contribution in [0.1, 0.15) is 57.5 Å². The molecule has 0 radical (unpaired) electrons. The Morgan fingerprint density at radius 3 is 2.08 bits per heavy atom. The van der Waals surface area contributed by atoms with Crippen molar-refractivity contribution in [2.24, 2.45) is 11.8 Å². The third kappa shape index (κ3) is 8.12. The smallest absolute Gasteiger partial charge is 0.337 e. The first-order valence-corrected chi connectivity index (χ1v) is 13.4. The molecule has 0 spiro atoms. The van der Waals surface area contributed by atoms with Crippen LogP contribution in [-0.4, -0.2) is 30.2 Å². The maximum absolute atomic E-state index is 12.9. The van der Waals surface area contributed by atoms with Gasteiger partial charge in [0.15, 0.2) is 0 Å². The van der Waals surface area contributed by atoms with E-state index in [-0.39, 0.29) is 11.6 Å². The zero-order valence-electron chi connectivity index (χ0n) is 22.4. The van der Waals surface area contributed by atoms with Gasteiger partial charge in [-0.05, 0) is 54.0 Å². The minimum Gasteiger partial charge on any atom is -0.478 e. The molecule has 3 aromatic rings. The van der Waals surface area contributed by atoms with Gasteiger partial charge in [0.2, 0.25) is 0 Å². The van der Waals surface area contributed by atoms with Crippen molar-refractivity contribution in [1.82, 2.24) is 0 Å². The zero-order valence-corrected chi connectivity index (χ0v) is 23.2. The van der Waals surface area contributed by atoms with Crippen molar-refractivity contribution in [3.05, 3.63) is 64.4 Å².